The van der Waals surface area contributed by atoms with Crippen molar-refractivity contribution in [3.05, 3.63) is 51.2 Å². The van der Waals surface area contributed by atoms with Gasteiger partial charge in [-0.3, -0.25) is 13.9 Å². The Hall–Kier alpha value is -2.09. The van der Waals surface area contributed by atoms with E-state index in [1.165, 1.54) is 4.57 Å². The number of rotatable bonds is 7. The van der Waals surface area contributed by atoms with E-state index in [9.17, 15) is 14.7 Å². The number of halogens is 1. The third kappa shape index (κ3) is 5.14. The average molecular weight is 436 g/mol. The van der Waals surface area contributed by atoms with Crippen LogP contribution in [0.25, 0.3) is 5.69 Å². The highest BCUT2D eigenvalue weighted by atomic mass is 35.5. The molecule has 0 unspecified atom stereocenters. The number of benzene rings is 1. The molecule has 0 aliphatic heterocycles. The molecule has 30 heavy (non-hydrogen) atoms. The lowest BCUT2D eigenvalue weighted by Crippen LogP contribution is -2.42. The molecule has 1 heterocycles. The molecule has 1 fully saturated rings. The Morgan fingerprint density at radius 2 is 1.97 bits per heavy atom. The van der Waals surface area contributed by atoms with Crippen LogP contribution < -0.4 is 11.0 Å². The second-order valence-corrected chi connectivity index (χ2v) is 8.46. The van der Waals surface area contributed by atoms with E-state index in [2.05, 4.69) is 5.32 Å². The van der Waals surface area contributed by atoms with Crippen molar-refractivity contribution in [3.8, 4) is 5.69 Å². The second kappa shape index (κ2) is 9.81. The highest BCUT2D eigenvalue weighted by Gasteiger charge is 2.28. The lowest BCUT2D eigenvalue weighted by Gasteiger charge is -2.26. The summed E-state index contributed by atoms with van der Waals surface area (Å²) in [5.74, 6) is -0.358. The molecular weight excluding hydrogens is 406 g/mol. The highest BCUT2D eigenvalue weighted by molar-refractivity contribution is 6.33. The van der Waals surface area contributed by atoms with Crippen LogP contribution in [0.3, 0.4) is 0 Å². The summed E-state index contributed by atoms with van der Waals surface area (Å²) in [4.78, 5) is 25.6. The van der Waals surface area contributed by atoms with Crippen LogP contribution in [0.5, 0.6) is 0 Å². The molecule has 1 aromatic heterocycles. The molecule has 3 rings (SSSR count). The number of carbonyl (C=O) groups is 1. The van der Waals surface area contributed by atoms with E-state index in [-0.39, 0.29) is 23.7 Å². The first-order chi connectivity index (χ1) is 14.3. The Balaban J connectivity index is 1.80. The molecule has 1 saturated carbocycles. The van der Waals surface area contributed by atoms with Crippen molar-refractivity contribution >= 4 is 17.5 Å². The molecule has 7 nitrogen and oxygen atoms in total. The van der Waals surface area contributed by atoms with Crippen molar-refractivity contribution in [2.75, 3.05) is 20.3 Å². The van der Waals surface area contributed by atoms with Gasteiger partial charge in [0.25, 0.3) is 5.91 Å². The van der Waals surface area contributed by atoms with Gasteiger partial charge in [-0.15, -0.1) is 0 Å². The van der Waals surface area contributed by atoms with Crippen molar-refractivity contribution in [2.24, 2.45) is 0 Å². The maximum atomic E-state index is 12.8. The molecule has 0 bridgehead atoms. The summed E-state index contributed by atoms with van der Waals surface area (Å²) in [6.07, 6.45) is 7.26. The fraction of sp³-hybridized carbons (Fsp3) is 0.545. The minimum absolute atomic E-state index is 0.193. The van der Waals surface area contributed by atoms with E-state index in [4.69, 9.17) is 16.3 Å². The van der Waals surface area contributed by atoms with Crippen molar-refractivity contribution in [1.29, 1.82) is 0 Å². The standard InChI is InChI=1S/C22H30ClN3O4/c1-16-14-26(21(28)25(16)11-12-30-2)17-7-8-19(23)18(13-17)20(27)24-15-22(29)9-5-3-4-6-10-22/h7-8,13-14,29H,3-6,9-12,15H2,1-2H3,(H,24,27). The van der Waals surface area contributed by atoms with Crippen molar-refractivity contribution < 1.29 is 14.6 Å². The number of carbonyl (C=O) groups excluding carboxylic acids is 1. The van der Waals surface area contributed by atoms with Gasteiger partial charge >= 0.3 is 5.69 Å². The lowest BCUT2D eigenvalue weighted by atomic mass is 9.94. The lowest BCUT2D eigenvalue weighted by molar-refractivity contribution is 0.0246. The zero-order valence-electron chi connectivity index (χ0n) is 17.6. The first kappa shape index (κ1) is 22.6. The molecule has 8 heteroatoms. The summed E-state index contributed by atoms with van der Waals surface area (Å²) in [6, 6.07) is 4.93. The van der Waals surface area contributed by atoms with E-state index in [0.29, 0.717) is 36.7 Å². The van der Waals surface area contributed by atoms with Gasteiger partial charge in [-0.1, -0.05) is 37.3 Å². The normalized spacial score (nSPS) is 16.3. The Labute approximate surface area is 181 Å². The van der Waals surface area contributed by atoms with Gasteiger partial charge in [0.15, 0.2) is 0 Å². The highest BCUT2D eigenvalue weighted by Crippen LogP contribution is 2.27. The largest absolute Gasteiger partial charge is 0.388 e. The number of nitrogens with zero attached hydrogens (tertiary/aromatic N) is 2. The molecule has 1 aliphatic carbocycles. The number of ether oxygens (including phenoxy) is 1. The first-order valence-corrected chi connectivity index (χ1v) is 10.8. The van der Waals surface area contributed by atoms with Crippen LogP contribution in [0, 0.1) is 6.92 Å². The zero-order chi connectivity index (χ0) is 21.7. The van der Waals surface area contributed by atoms with Gasteiger partial charge in [-0.2, -0.15) is 0 Å². The van der Waals surface area contributed by atoms with Crippen LogP contribution in [0.2, 0.25) is 5.02 Å². The molecule has 0 radical (unpaired) electrons. The Bertz CT molecular complexity index is 942. The number of amides is 1. The van der Waals surface area contributed by atoms with E-state index in [1.54, 1.807) is 36.1 Å². The smallest absolute Gasteiger partial charge is 0.333 e. The molecule has 0 saturated heterocycles. The van der Waals surface area contributed by atoms with Crippen LogP contribution in [-0.2, 0) is 11.3 Å². The summed E-state index contributed by atoms with van der Waals surface area (Å²) in [5, 5.41) is 13.9. The maximum Gasteiger partial charge on any atom is 0.333 e. The van der Waals surface area contributed by atoms with Gasteiger partial charge < -0.3 is 15.2 Å². The molecule has 0 atom stereocenters. The van der Waals surface area contributed by atoms with Crippen LogP contribution in [0.4, 0.5) is 0 Å². The minimum atomic E-state index is -0.872. The van der Waals surface area contributed by atoms with Gasteiger partial charge in [-0.25, -0.2) is 4.79 Å². The van der Waals surface area contributed by atoms with Crippen LogP contribution in [0.1, 0.15) is 54.6 Å². The number of hydrogen-bond acceptors (Lipinski definition) is 4. The molecule has 0 spiro atoms. The van der Waals surface area contributed by atoms with E-state index < -0.39 is 5.60 Å². The molecule has 2 aromatic rings. The Morgan fingerprint density at radius 3 is 2.63 bits per heavy atom. The summed E-state index contributed by atoms with van der Waals surface area (Å²) in [5.41, 5.74) is 0.560. The number of nitrogens with one attached hydrogen (secondary N) is 1. The predicted molar refractivity (Wildman–Crippen MR) is 117 cm³/mol. The Kier molecular flexibility index (Phi) is 7.39. The van der Waals surface area contributed by atoms with Crippen LogP contribution in [0.15, 0.2) is 29.2 Å². The van der Waals surface area contributed by atoms with E-state index in [1.807, 2.05) is 6.92 Å². The first-order valence-electron chi connectivity index (χ1n) is 10.4. The van der Waals surface area contributed by atoms with Gasteiger partial charge in [-0.05, 0) is 38.0 Å². The van der Waals surface area contributed by atoms with E-state index >= 15 is 0 Å². The monoisotopic (exact) mass is 435 g/mol. The van der Waals surface area contributed by atoms with Crippen molar-refractivity contribution in [2.45, 2.75) is 57.6 Å². The molecule has 1 aliphatic rings. The van der Waals surface area contributed by atoms with Gasteiger partial charge in [0, 0.05) is 25.5 Å². The third-order valence-electron chi connectivity index (χ3n) is 5.78. The molecule has 2 N–H and O–H groups in total. The van der Waals surface area contributed by atoms with Crippen LogP contribution >= 0.6 is 11.6 Å². The second-order valence-electron chi connectivity index (χ2n) is 8.05. The van der Waals surface area contributed by atoms with E-state index in [0.717, 1.165) is 31.4 Å². The SMILES string of the molecule is COCCn1c(C)cn(-c2ccc(Cl)c(C(=O)NCC3(O)CCCCCC3)c2)c1=O. The molecular formula is C22H30ClN3O4. The predicted octanol–water partition coefficient (Wildman–Crippen LogP) is 3.06. The summed E-state index contributed by atoms with van der Waals surface area (Å²) in [7, 11) is 1.59. The molecule has 1 amide bonds. The quantitative estimate of drug-likeness (QED) is 0.654. The summed E-state index contributed by atoms with van der Waals surface area (Å²) in [6.45, 7) is 2.93. The number of imidazole rings is 1. The summed E-state index contributed by atoms with van der Waals surface area (Å²) < 4.78 is 8.19. The Morgan fingerprint density at radius 1 is 1.27 bits per heavy atom. The van der Waals surface area contributed by atoms with Crippen molar-refractivity contribution in [1.82, 2.24) is 14.5 Å². The molecule has 164 valence electrons. The van der Waals surface area contributed by atoms with Crippen molar-refractivity contribution in [3.63, 3.8) is 0 Å². The fourth-order valence-electron chi connectivity index (χ4n) is 3.97. The topological polar surface area (TPSA) is 85.5 Å². The third-order valence-corrected chi connectivity index (χ3v) is 6.11. The number of aryl methyl sites for hydroxylation is 1. The number of hydrogen-bond donors (Lipinski definition) is 2. The fourth-order valence-corrected chi connectivity index (χ4v) is 4.18. The van der Waals surface area contributed by atoms with Gasteiger partial charge in [0.05, 0.1) is 35.0 Å². The number of aliphatic hydroxyl groups is 1. The number of aromatic nitrogens is 2. The maximum absolute atomic E-state index is 12.8. The average Bonchev–Trinajstić information content (AvgIpc) is 2.88. The summed E-state index contributed by atoms with van der Waals surface area (Å²) >= 11 is 6.27. The molecule has 1 aromatic carbocycles. The van der Waals surface area contributed by atoms with Gasteiger partial charge in [0.1, 0.15) is 0 Å². The number of methoxy groups -OCH3 is 1. The zero-order valence-corrected chi connectivity index (χ0v) is 18.4. The minimum Gasteiger partial charge on any atom is -0.388 e. The van der Waals surface area contributed by atoms with Crippen LogP contribution in [-0.4, -0.2) is 46.0 Å². The van der Waals surface area contributed by atoms with Gasteiger partial charge in [0.2, 0.25) is 0 Å².